The molecule has 29 heavy (non-hydrogen) atoms. The number of halogens is 2. The zero-order chi connectivity index (χ0) is 20.3. The fraction of sp³-hybridized carbons (Fsp3) is 0.250. The predicted molar refractivity (Wildman–Crippen MR) is 122 cm³/mol. The highest BCUT2D eigenvalue weighted by Gasteiger charge is 2.02. The Hall–Kier alpha value is -2.36. The second-order valence-electron chi connectivity index (χ2n) is 6.67. The number of ether oxygens (including phenoxy) is 2. The Balaban J connectivity index is 1.29. The molecule has 0 unspecified atom stereocenters. The molecule has 0 atom stereocenters. The topological polar surface area (TPSA) is 30.5 Å². The maximum atomic E-state index is 6.09. The highest BCUT2D eigenvalue weighted by molar-refractivity contribution is 6.35. The van der Waals surface area contributed by atoms with Crippen LogP contribution in [0.4, 0.5) is 5.69 Å². The summed E-state index contributed by atoms with van der Waals surface area (Å²) in [6.07, 6.45) is 2.84. The summed E-state index contributed by atoms with van der Waals surface area (Å²) in [4.78, 5) is 0. The summed E-state index contributed by atoms with van der Waals surface area (Å²) in [6, 6.07) is 23.7. The molecule has 0 saturated carbocycles. The Morgan fingerprint density at radius 3 is 2.31 bits per heavy atom. The van der Waals surface area contributed by atoms with E-state index in [2.05, 4.69) is 29.6 Å². The van der Waals surface area contributed by atoms with E-state index in [0.29, 0.717) is 29.0 Å². The van der Waals surface area contributed by atoms with Gasteiger partial charge in [-0.15, -0.1) is 0 Å². The van der Waals surface area contributed by atoms with Gasteiger partial charge in [0.2, 0.25) is 0 Å². The predicted octanol–water partition coefficient (Wildman–Crippen LogP) is 6.89. The van der Waals surface area contributed by atoms with Crippen LogP contribution in [0.25, 0.3) is 0 Å². The van der Waals surface area contributed by atoms with Gasteiger partial charge < -0.3 is 14.8 Å². The van der Waals surface area contributed by atoms with Crippen molar-refractivity contribution < 1.29 is 9.47 Å². The SMILES string of the molecule is Clc1ccc(OCCCCNc2ccc(OCCc3ccccc3)cc2)c(Cl)c1. The van der Waals surface area contributed by atoms with E-state index >= 15 is 0 Å². The molecule has 5 heteroatoms. The normalized spacial score (nSPS) is 10.6. The molecule has 0 aliphatic rings. The number of hydrogen-bond donors (Lipinski definition) is 1. The Bertz CT molecular complexity index is 870. The molecule has 3 aromatic rings. The Morgan fingerprint density at radius 2 is 1.55 bits per heavy atom. The molecule has 0 heterocycles. The van der Waals surface area contributed by atoms with Gasteiger partial charge in [0.15, 0.2) is 0 Å². The number of rotatable bonds is 11. The number of hydrogen-bond acceptors (Lipinski definition) is 3. The third-order valence-corrected chi connectivity index (χ3v) is 4.94. The van der Waals surface area contributed by atoms with Crippen LogP contribution < -0.4 is 14.8 Å². The maximum Gasteiger partial charge on any atom is 0.137 e. The van der Waals surface area contributed by atoms with Gasteiger partial charge in [0, 0.05) is 23.7 Å². The maximum absolute atomic E-state index is 6.09. The van der Waals surface area contributed by atoms with E-state index in [4.69, 9.17) is 32.7 Å². The molecular weight excluding hydrogens is 405 g/mol. The van der Waals surface area contributed by atoms with Gasteiger partial charge in [0.25, 0.3) is 0 Å². The van der Waals surface area contributed by atoms with E-state index in [1.54, 1.807) is 18.2 Å². The van der Waals surface area contributed by atoms with Gasteiger partial charge in [-0.1, -0.05) is 53.5 Å². The first-order valence-electron chi connectivity index (χ1n) is 9.79. The lowest BCUT2D eigenvalue weighted by molar-refractivity contribution is 0.308. The average Bonchev–Trinajstić information content (AvgIpc) is 2.74. The average molecular weight is 430 g/mol. The van der Waals surface area contributed by atoms with Crippen molar-refractivity contribution in [2.45, 2.75) is 19.3 Å². The molecule has 0 spiro atoms. The van der Waals surface area contributed by atoms with Crippen molar-refractivity contribution in [3.05, 3.63) is 88.4 Å². The summed E-state index contributed by atoms with van der Waals surface area (Å²) in [5.41, 5.74) is 2.37. The number of anilines is 1. The molecule has 3 aromatic carbocycles. The Labute approximate surface area is 182 Å². The van der Waals surface area contributed by atoms with Crippen LogP contribution in [0.5, 0.6) is 11.5 Å². The third-order valence-electron chi connectivity index (χ3n) is 4.41. The summed E-state index contributed by atoms with van der Waals surface area (Å²) in [5.74, 6) is 1.56. The van der Waals surface area contributed by atoms with Crippen molar-refractivity contribution in [3.8, 4) is 11.5 Å². The van der Waals surface area contributed by atoms with E-state index in [9.17, 15) is 0 Å². The minimum absolute atomic E-state index is 0.543. The standard InChI is InChI=1S/C24H25Cl2NO2/c25-20-8-13-24(23(26)18-20)29-16-5-4-15-27-21-9-11-22(12-10-21)28-17-14-19-6-2-1-3-7-19/h1-3,6-13,18,27H,4-5,14-17H2. The lowest BCUT2D eigenvalue weighted by Gasteiger charge is -2.10. The molecule has 152 valence electrons. The van der Waals surface area contributed by atoms with Crippen molar-refractivity contribution >= 4 is 28.9 Å². The van der Waals surface area contributed by atoms with E-state index in [0.717, 1.165) is 37.2 Å². The molecule has 0 fully saturated rings. The van der Waals surface area contributed by atoms with Gasteiger partial charge in [0.1, 0.15) is 11.5 Å². The summed E-state index contributed by atoms with van der Waals surface area (Å²) >= 11 is 12.0. The molecule has 0 aliphatic carbocycles. The van der Waals surface area contributed by atoms with Crippen LogP contribution in [0.15, 0.2) is 72.8 Å². The zero-order valence-corrected chi connectivity index (χ0v) is 17.8. The van der Waals surface area contributed by atoms with Gasteiger partial charge in [-0.25, -0.2) is 0 Å². The minimum Gasteiger partial charge on any atom is -0.493 e. The van der Waals surface area contributed by atoms with Crippen LogP contribution in [0.1, 0.15) is 18.4 Å². The van der Waals surface area contributed by atoms with Crippen LogP contribution in [0, 0.1) is 0 Å². The third kappa shape index (κ3) is 7.52. The molecule has 0 amide bonds. The summed E-state index contributed by atoms with van der Waals surface area (Å²) in [7, 11) is 0. The van der Waals surface area contributed by atoms with Crippen molar-refractivity contribution in [2.24, 2.45) is 0 Å². The number of nitrogens with one attached hydrogen (secondary N) is 1. The first-order valence-corrected chi connectivity index (χ1v) is 10.5. The molecule has 1 N–H and O–H groups in total. The van der Waals surface area contributed by atoms with Gasteiger partial charge in [-0.05, 0) is 60.9 Å². The van der Waals surface area contributed by atoms with Crippen molar-refractivity contribution in [1.29, 1.82) is 0 Å². The van der Waals surface area contributed by atoms with Gasteiger partial charge >= 0.3 is 0 Å². The summed E-state index contributed by atoms with van der Waals surface area (Å²) in [6.45, 7) is 2.18. The Kier molecular flexibility index (Phi) is 8.54. The molecule has 0 bridgehead atoms. The van der Waals surface area contributed by atoms with Crippen molar-refractivity contribution in [1.82, 2.24) is 0 Å². The van der Waals surface area contributed by atoms with E-state index < -0.39 is 0 Å². The Morgan fingerprint density at radius 1 is 0.759 bits per heavy atom. The lowest BCUT2D eigenvalue weighted by atomic mass is 10.2. The molecule has 0 aliphatic heterocycles. The molecule has 3 rings (SSSR count). The first kappa shape index (κ1) is 21.4. The minimum atomic E-state index is 0.543. The lowest BCUT2D eigenvalue weighted by Crippen LogP contribution is -2.05. The quantitative estimate of drug-likeness (QED) is 0.336. The van der Waals surface area contributed by atoms with Gasteiger partial charge in [0.05, 0.1) is 18.2 Å². The molecule has 0 saturated heterocycles. The zero-order valence-electron chi connectivity index (χ0n) is 16.2. The fourth-order valence-electron chi connectivity index (χ4n) is 2.83. The highest BCUT2D eigenvalue weighted by atomic mass is 35.5. The summed E-state index contributed by atoms with van der Waals surface area (Å²) < 4.78 is 11.5. The van der Waals surface area contributed by atoms with Crippen LogP contribution in [0.2, 0.25) is 10.0 Å². The van der Waals surface area contributed by atoms with Crippen LogP contribution in [-0.2, 0) is 6.42 Å². The van der Waals surface area contributed by atoms with Crippen LogP contribution in [-0.4, -0.2) is 19.8 Å². The highest BCUT2D eigenvalue weighted by Crippen LogP contribution is 2.27. The van der Waals surface area contributed by atoms with Crippen LogP contribution >= 0.6 is 23.2 Å². The van der Waals surface area contributed by atoms with Gasteiger partial charge in [-0.2, -0.15) is 0 Å². The smallest absolute Gasteiger partial charge is 0.137 e. The molecule has 0 radical (unpaired) electrons. The first-order chi connectivity index (χ1) is 14.2. The van der Waals surface area contributed by atoms with Gasteiger partial charge in [-0.3, -0.25) is 0 Å². The van der Waals surface area contributed by atoms with E-state index in [1.807, 2.05) is 30.3 Å². The van der Waals surface area contributed by atoms with Crippen molar-refractivity contribution in [2.75, 3.05) is 25.1 Å². The summed E-state index contributed by atoms with van der Waals surface area (Å²) in [5, 5.41) is 4.57. The second kappa shape index (κ2) is 11.6. The fourth-order valence-corrected chi connectivity index (χ4v) is 3.30. The second-order valence-corrected chi connectivity index (χ2v) is 7.51. The van der Waals surface area contributed by atoms with E-state index in [-0.39, 0.29) is 0 Å². The molecule has 3 nitrogen and oxygen atoms in total. The number of benzene rings is 3. The van der Waals surface area contributed by atoms with Crippen molar-refractivity contribution in [3.63, 3.8) is 0 Å². The molecular formula is C24H25Cl2NO2. The van der Waals surface area contributed by atoms with Crippen LogP contribution in [0.3, 0.4) is 0 Å². The monoisotopic (exact) mass is 429 g/mol. The van der Waals surface area contributed by atoms with E-state index in [1.165, 1.54) is 5.56 Å². The number of unbranched alkanes of at least 4 members (excludes halogenated alkanes) is 1. The molecule has 0 aromatic heterocycles. The largest absolute Gasteiger partial charge is 0.493 e.